The fourth-order valence-corrected chi connectivity index (χ4v) is 4.28. The normalized spacial score (nSPS) is 17.3. The number of para-hydroxylation sites is 3. The highest BCUT2D eigenvalue weighted by molar-refractivity contribution is 5.94. The van der Waals surface area contributed by atoms with E-state index in [1.54, 1.807) is 7.11 Å². The molecular weight excluding hydrogens is 350 g/mol. The first-order chi connectivity index (χ1) is 13.8. The molecule has 28 heavy (non-hydrogen) atoms. The highest BCUT2D eigenvalue weighted by Gasteiger charge is 2.24. The van der Waals surface area contributed by atoms with Gasteiger partial charge in [-0.25, -0.2) is 0 Å². The molecule has 2 aliphatic heterocycles. The van der Waals surface area contributed by atoms with Gasteiger partial charge in [0.05, 0.1) is 12.8 Å². The lowest BCUT2D eigenvalue weighted by Crippen LogP contribution is -2.47. The molecule has 0 aliphatic carbocycles. The number of hydrogen-bond acceptors (Lipinski definition) is 4. The Morgan fingerprint density at radius 1 is 0.929 bits per heavy atom. The highest BCUT2D eigenvalue weighted by atomic mass is 16.5. The molecule has 2 heterocycles. The van der Waals surface area contributed by atoms with E-state index in [-0.39, 0.29) is 5.91 Å². The predicted molar refractivity (Wildman–Crippen MR) is 113 cm³/mol. The third-order valence-corrected chi connectivity index (χ3v) is 5.85. The standard InChI is InChI=1S/C23H29N3O2/c1-28-22-11-5-4-10-21(22)25-17-15-24(16-18-25)14-12-23(27)26-13-6-8-19-7-2-3-9-20(19)26/h2-5,7,9-11H,6,8,12-18H2,1H3. The molecule has 0 bridgehead atoms. The molecule has 2 aliphatic rings. The summed E-state index contributed by atoms with van der Waals surface area (Å²) in [6.45, 7) is 5.54. The van der Waals surface area contributed by atoms with Crippen LogP contribution < -0.4 is 14.5 Å². The van der Waals surface area contributed by atoms with Gasteiger partial charge in [0.25, 0.3) is 0 Å². The van der Waals surface area contributed by atoms with Crippen molar-refractivity contribution in [3.8, 4) is 5.75 Å². The molecule has 0 N–H and O–H groups in total. The number of nitrogens with zero attached hydrogens (tertiary/aromatic N) is 3. The minimum Gasteiger partial charge on any atom is -0.495 e. The molecule has 0 radical (unpaired) electrons. The lowest BCUT2D eigenvalue weighted by molar-refractivity contribution is -0.119. The number of aryl methyl sites for hydroxylation is 1. The predicted octanol–water partition coefficient (Wildman–Crippen LogP) is 3.19. The topological polar surface area (TPSA) is 36.0 Å². The van der Waals surface area contributed by atoms with E-state index < -0.39 is 0 Å². The highest BCUT2D eigenvalue weighted by Crippen LogP contribution is 2.29. The van der Waals surface area contributed by atoms with E-state index in [4.69, 9.17) is 4.74 Å². The van der Waals surface area contributed by atoms with Gasteiger partial charge in [0.1, 0.15) is 5.75 Å². The average Bonchev–Trinajstić information content (AvgIpc) is 2.77. The van der Waals surface area contributed by atoms with Crippen LogP contribution in [0, 0.1) is 0 Å². The Bertz CT molecular complexity index is 815. The van der Waals surface area contributed by atoms with Crippen LogP contribution in [-0.2, 0) is 11.2 Å². The van der Waals surface area contributed by atoms with Crippen molar-refractivity contribution in [1.82, 2.24) is 4.90 Å². The Morgan fingerprint density at radius 2 is 1.64 bits per heavy atom. The Hall–Kier alpha value is -2.53. The maximum absolute atomic E-state index is 12.8. The van der Waals surface area contributed by atoms with Gasteiger partial charge in [0, 0.05) is 51.4 Å². The van der Waals surface area contributed by atoms with Crippen molar-refractivity contribution in [1.29, 1.82) is 0 Å². The van der Waals surface area contributed by atoms with Crippen LogP contribution in [0.25, 0.3) is 0 Å². The molecule has 1 amide bonds. The maximum Gasteiger partial charge on any atom is 0.228 e. The minimum atomic E-state index is 0.249. The van der Waals surface area contributed by atoms with Crippen molar-refractivity contribution in [2.75, 3.05) is 56.2 Å². The molecule has 0 saturated carbocycles. The minimum absolute atomic E-state index is 0.249. The van der Waals surface area contributed by atoms with E-state index in [0.29, 0.717) is 6.42 Å². The summed E-state index contributed by atoms with van der Waals surface area (Å²) in [5, 5.41) is 0. The molecule has 2 aromatic carbocycles. The van der Waals surface area contributed by atoms with Crippen LogP contribution in [0.3, 0.4) is 0 Å². The summed E-state index contributed by atoms with van der Waals surface area (Å²) in [5.41, 5.74) is 3.57. The van der Waals surface area contributed by atoms with Gasteiger partial charge in [-0.3, -0.25) is 9.69 Å². The summed E-state index contributed by atoms with van der Waals surface area (Å²) in [5.74, 6) is 1.18. The van der Waals surface area contributed by atoms with E-state index in [9.17, 15) is 4.79 Å². The number of hydrogen-bond donors (Lipinski definition) is 0. The zero-order chi connectivity index (χ0) is 19.3. The molecule has 2 aromatic rings. The van der Waals surface area contributed by atoms with Crippen molar-refractivity contribution in [2.24, 2.45) is 0 Å². The first-order valence-corrected chi connectivity index (χ1v) is 10.2. The van der Waals surface area contributed by atoms with E-state index in [1.807, 2.05) is 23.1 Å². The van der Waals surface area contributed by atoms with Crippen molar-refractivity contribution in [3.63, 3.8) is 0 Å². The second kappa shape index (κ2) is 8.65. The molecule has 5 nitrogen and oxygen atoms in total. The van der Waals surface area contributed by atoms with Gasteiger partial charge in [-0.2, -0.15) is 0 Å². The monoisotopic (exact) mass is 379 g/mol. The Balaban J connectivity index is 1.30. The van der Waals surface area contributed by atoms with Gasteiger partial charge in [-0.15, -0.1) is 0 Å². The van der Waals surface area contributed by atoms with Crippen molar-refractivity contribution >= 4 is 17.3 Å². The summed E-state index contributed by atoms with van der Waals surface area (Å²) >= 11 is 0. The van der Waals surface area contributed by atoms with Gasteiger partial charge in [0.15, 0.2) is 0 Å². The maximum atomic E-state index is 12.8. The Kier molecular flexibility index (Phi) is 5.81. The number of rotatable bonds is 5. The summed E-state index contributed by atoms with van der Waals surface area (Å²) in [6, 6.07) is 16.5. The number of piperazine rings is 1. The van der Waals surface area contributed by atoms with Gasteiger partial charge in [0.2, 0.25) is 5.91 Å². The molecule has 5 heteroatoms. The van der Waals surface area contributed by atoms with Gasteiger partial charge < -0.3 is 14.5 Å². The number of carbonyl (C=O) groups excluding carboxylic acids is 1. The molecule has 0 spiro atoms. The fraction of sp³-hybridized carbons (Fsp3) is 0.435. The van der Waals surface area contributed by atoms with Crippen LogP contribution in [0.2, 0.25) is 0 Å². The molecule has 0 atom stereocenters. The van der Waals surface area contributed by atoms with Gasteiger partial charge in [-0.1, -0.05) is 30.3 Å². The van der Waals surface area contributed by atoms with Crippen LogP contribution in [0.4, 0.5) is 11.4 Å². The molecule has 4 rings (SSSR count). The van der Waals surface area contributed by atoms with Crippen LogP contribution in [-0.4, -0.2) is 57.2 Å². The number of benzene rings is 2. The molecule has 0 unspecified atom stereocenters. The van der Waals surface area contributed by atoms with E-state index in [1.165, 1.54) is 5.56 Å². The van der Waals surface area contributed by atoms with E-state index >= 15 is 0 Å². The smallest absolute Gasteiger partial charge is 0.228 e. The van der Waals surface area contributed by atoms with Crippen LogP contribution in [0.1, 0.15) is 18.4 Å². The summed E-state index contributed by atoms with van der Waals surface area (Å²) in [7, 11) is 1.72. The second-order valence-electron chi connectivity index (χ2n) is 7.53. The van der Waals surface area contributed by atoms with Crippen LogP contribution >= 0.6 is 0 Å². The SMILES string of the molecule is COc1ccccc1N1CCN(CCC(=O)N2CCCc3ccccc32)CC1. The first kappa shape index (κ1) is 18.8. The quantitative estimate of drug-likeness (QED) is 0.799. The van der Waals surface area contributed by atoms with Crippen molar-refractivity contribution in [3.05, 3.63) is 54.1 Å². The third-order valence-electron chi connectivity index (χ3n) is 5.85. The Morgan fingerprint density at radius 3 is 2.43 bits per heavy atom. The number of anilines is 2. The number of ether oxygens (including phenoxy) is 1. The van der Waals surface area contributed by atoms with E-state index in [2.05, 4.69) is 40.1 Å². The van der Waals surface area contributed by atoms with Crippen LogP contribution in [0.15, 0.2) is 48.5 Å². The number of amides is 1. The molecular formula is C23H29N3O2. The fourth-order valence-electron chi connectivity index (χ4n) is 4.28. The lowest BCUT2D eigenvalue weighted by Gasteiger charge is -2.37. The number of carbonyl (C=O) groups is 1. The molecule has 1 saturated heterocycles. The molecule has 1 fully saturated rings. The lowest BCUT2D eigenvalue weighted by atomic mass is 10.0. The summed E-state index contributed by atoms with van der Waals surface area (Å²) in [6.07, 6.45) is 2.72. The van der Waals surface area contributed by atoms with Crippen molar-refractivity contribution < 1.29 is 9.53 Å². The molecule has 148 valence electrons. The van der Waals surface area contributed by atoms with Crippen molar-refractivity contribution in [2.45, 2.75) is 19.3 Å². The average molecular weight is 380 g/mol. The molecule has 0 aromatic heterocycles. The van der Waals surface area contributed by atoms with Gasteiger partial charge >= 0.3 is 0 Å². The van der Waals surface area contributed by atoms with Gasteiger partial charge in [-0.05, 0) is 36.6 Å². The van der Waals surface area contributed by atoms with E-state index in [0.717, 1.165) is 69.2 Å². The third kappa shape index (κ3) is 3.99. The zero-order valence-electron chi connectivity index (χ0n) is 16.6. The summed E-state index contributed by atoms with van der Waals surface area (Å²) < 4.78 is 5.49. The second-order valence-corrected chi connectivity index (χ2v) is 7.53. The largest absolute Gasteiger partial charge is 0.495 e. The zero-order valence-corrected chi connectivity index (χ0v) is 16.6. The van der Waals surface area contributed by atoms with Crippen LogP contribution in [0.5, 0.6) is 5.75 Å². The first-order valence-electron chi connectivity index (χ1n) is 10.2. The Labute approximate surface area is 167 Å². The number of fused-ring (bicyclic) bond motifs is 1. The number of methoxy groups -OCH3 is 1. The summed E-state index contributed by atoms with van der Waals surface area (Å²) in [4.78, 5) is 19.6.